The molecule has 1 aromatic heterocycles. The van der Waals surface area contributed by atoms with Crippen LogP contribution in [0.25, 0.3) is 11.0 Å². The van der Waals surface area contributed by atoms with E-state index >= 15 is 0 Å². The molecule has 0 bridgehead atoms. The summed E-state index contributed by atoms with van der Waals surface area (Å²) in [5.41, 5.74) is 1.28. The summed E-state index contributed by atoms with van der Waals surface area (Å²) in [4.78, 5) is 33.8. The van der Waals surface area contributed by atoms with E-state index in [1.54, 1.807) is 19.1 Å². The zero-order valence-electron chi connectivity index (χ0n) is 12.3. The first-order valence-electron chi connectivity index (χ1n) is 7.35. The van der Waals surface area contributed by atoms with Crippen LogP contribution in [0.15, 0.2) is 33.5 Å². The van der Waals surface area contributed by atoms with Crippen molar-refractivity contribution in [2.75, 3.05) is 6.54 Å². The van der Waals surface area contributed by atoms with Crippen molar-refractivity contribution in [2.24, 2.45) is 0 Å². The third kappa shape index (κ3) is 2.23. The maximum atomic E-state index is 12.3. The molecule has 1 fully saturated rings. The van der Waals surface area contributed by atoms with Crippen LogP contribution in [0.2, 0.25) is 0 Å². The molecule has 120 valence electrons. The van der Waals surface area contributed by atoms with Gasteiger partial charge in [0.25, 0.3) is 0 Å². The van der Waals surface area contributed by atoms with Gasteiger partial charge in [0.05, 0.1) is 11.6 Å². The molecule has 0 amide bonds. The second-order valence-electron chi connectivity index (χ2n) is 5.74. The van der Waals surface area contributed by atoms with Crippen molar-refractivity contribution in [1.82, 2.24) is 5.23 Å². The van der Waals surface area contributed by atoms with E-state index in [0.29, 0.717) is 17.6 Å². The molecule has 1 saturated heterocycles. The van der Waals surface area contributed by atoms with E-state index in [0.717, 1.165) is 10.9 Å². The number of hydrogen-bond acceptors (Lipinski definition) is 7. The third-order valence-corrected chi connectivity index (χ3v) is 4.24. The van der Waals surface area contributed by atoms with Gasteiger partial charge in [0, 0.05) is 16.7 Å². The Labute approximate surface area is 130 Å². The van der Waals surface area contributed by atoms with E-state index in [1.807, 2.05) is 12.1 Å². The molecule has 0 N–H and O–H groups in total. The lowest BCUT2D eigenvalue weighted by Gasteiger charge is -2.32. The zero-order chi connectivity index (χ0) is 16.1. The number of fused-ring (bicyclic) bond motifs is 5. The van der Waals surface area contributed by atoms with Gasteiger partial charge in [-0.05, 0) is 18.6 Å². The van der Waals surface area contributed by atoms with Gasteiger partial charge in [-0.25, -0.2) is 4.79 Å². The lowest BCUT2D eigenvalue weighted by molar-refractivity contribution is -0.502. The predicted molar refractivity (Wildman–Crippen MR) is 77.9 cm³/mol. The van der Waals surface area contributed by atoms with E-state index in [9.17, 15) is 14.9 Å². The first-order chi connectivity index (χ1) is 11.0. The summed E-state index contributed by atoms with van der Waals surface area (Å²) in [5, 5.41) is 12.8. The molecule has 2 aliphatic heterocycles. The Morgan fingerprint density at radius 3 is 2.87 bits per heavy atom. The Bertz CT molecular complexity index is 847. The highest BCUT2D eigenvalue weighted by molar-refractivity contribution is 5.82. The third-order valence-electron chi connectivity index (χ3n) is 4.24. The maximum Gasteiger partial charge on any atom is 0.342 e. The topological polar surface area (TPSA) is 95.0 Å². The number of hydrogen-bond donors (Lipinski definition) is 0. The second-order valence-corrected chi connectivity index (χ2v) is 5.74. The molecule has 0 saturated carbocycles. The summed E-state index contributed by atoms with van der Waals surface area (Å²) in [7, 11) is 0. The average Bonchev–Trinajstić information content (AvgIpc) is 2.87. The van der Waals surface area contributed by atoms with Crippen LogP contribution in [0.5, 0.6) is 0 Å². The first-order valence-corrected chi connectivity index (χ1v) is 7.35. The monoisotopic (exact) mass is 318 g/mol. The molecule has 4 rings (SSSR count). The van der Waals surface area contributed by atoms with Gasteiger partial charge in [0.2, 0.25) is 6.54 Å². The lowest BCUT2D eigenvalue weighted by atomic mass is 9.91. The van der Waals surface area contributed by atoms with Crippen LogP contribution in [0.4, 0.5) is 0 Å². The minimum absolute atomic E-state index is 0.306. The van der Waals surface area contributed by atoms with E-state index in [-0.39, 0.29) is 12.6 Å². The number of nitrogens with zero attached hydrogens (tertiary/aromatic N) is 2. The fourth-order valence-corrected chi connectivity index (χ4v) is 3.33. The minimum Gasteiger partial charge on any atom is -0.422 e. The van der Waals surface area contributed by atoms with Crippen molar-refractivity contribution >= 4 is 11.0 Å². The van der Waals surface area contributed by atoms with E-state index in [1.165, 1.54) is 5.23 Å². The highest BCUT2D eigenvalue weighted by Gasteiger charge is 2.45. The maximum absolute atomic E-state index is 12.3. The highest BCUT2D eigenvalue weighted by Crippen LogP contribution is 2.45. The summed E-state index contributed by atoms with van der Waals surface area (Å²) in [6.45, 7) is 1.42. The number of benzene rings is 1. The average molecular weight is 318 g/mol. The molecule has 23 heavy (non-hydrogen) atoms. The molecule has 2 aliphatic rings. The van der Waals surface area contributed by atoms with Crippen LogP contribution in [0.1, 0.15) is 36.6 Å². The van der Waals surface area contributed by atoms with Crippen molar-refractivity contribution in [1.29, 1.82) is 0 Å². The number of para-hydroxylation sites is 1. The Hall–Kier alpha value is -2.29. The van der Waals surface area contributed by atoms with Crippen molar-refractivity contribution in [3.63, 3.8) is 0 Å². The molecule has 2 aromatic rings. The fourth-order valence-electron chi connectivity index (χ4n) is 3.33. The summed E-state index contributed by atoms with van der Waals surface area (Å²) in [5.74, 6) is 0. The smallest absolute Gasteiger partial charge is 0.342 e. The molecule has 0 aliphatic carbocycles. The standard InChI is InChI=1S/C15H14N2O6/c1-8-13-14(10-4-2-3-5-12(10)21-15(13)18)11-6-9(7-16(19)20)23-17(11)22-8/h2-5,8-9,11H,6-7H2,1H3/t8-,9-,11-/m0/s1. The zero-order valence-corrected chi connectivity index (χ0v) is 12.3. The van der Waals surface area contributed by atoms with Crippen molar-refractivity contribution in [2.45, 2.75) is 31.6 Å². The van der Waals surface area contributed by atoms with E-state index in [4.69, 9.17) is 14.1 Å². The lowest BCUT2D eigenvalue weighted by Crippen LogP contribution is -2.34. The molecule has 0 unspecified atom stereocenters. The van der Waals surface area contributed by atoms with Gasteiger partial charge in [-0.1, -0.05) is 23.4 Å². The van der Waals surface area contributed by atoms with Crippen LogP contribution >= 0.6 is 0 Å². The van der Waals surface area contributed by atoms with Crippen molar-refractivity contribution in [3.05, 3.63) is 55.9 Å². The molecular weight excluding hydrogens is 304 g/mol. The van der Waals surface area contributed by atoms with Gasteiger partial charge in [-0.2, -0.15) is 0 Å². The Balaban J connectivity index is 1.87. The minimum atomic E-state index is -0.584. The van der Waals surface area contributed by atoms with E-state index in [2.05, 4.69) is 0 Å². The number of nitro groups is 1. The molecule has 8 nitrogen and oxygen atoms in total. The van der Waals surface area contributed by atoms with Gasteiger partial charge < -0.3 is 4.42 Å². The Kier molecular flexibility index (Phi) is 3.19. The fraction of sp³-hybridized carbons (Fsp3) is 0.400. The predicted octanol–water partition coefficient (Wildman–Crippen LogP) is 2.12. The highest BCUT2D eigenvalue weighted by atomic mass is 17.0. The van der Waals surface area contributed by atoms with Gasteiger partial charge in [0.15, 0.2) is 0 Å². The largest absolute Gasteiger partial charge is 0.422 e. The van der Waals surface area contributed by atoms with Gasteiger partial charge in [-0.3, -0.25) is 19.8 Å². The Morgan fingerprint density at radius 2 is 2.09 bits per heavy atom. The number of hydroxylamine groups is 2. The molecule has 8 heteroatoms. The normalized spacial score (nSPS) is 26.9. The van der Waals surface area contributed by atoms with Gasteiger partial charge in [0.1, 0.15) is 17.8 Å². The van der Waals surface area contributed by atoms with Crippen molar-refractivity contribution < 1.29 is 19.0 Å². The van der Waals surface area contributed by atoms with Gasteiger partial charge >= 0.3 is 5.63 Å². The van der Waals surface area contributed by atoms with Crippen LogP contribution in [0, 0.1) is 10.1 Å². The van der Waals surface area contributed by atoms with Crippen LogP contribution in [-0.2, 0) is 9.68 Å². The van der Waals surface area contributed by atoms with Crippen LogP contribution < -0.4 is 5.63 Å². The molecule has 3 heterocycles. The first kappa shape index (κ1) is 14.3. The van der Waals surface area contributed by atoms with Crippen LogP contribution in [0.3, 0.4) is 0 Å². The van der Waals surface area contributed by atoms with Gasteiger partial charge in [-0.15, -0.1) is 0 Å². The van der Waals surface area contributed by atoms with Crippen molar-refractivity contribution in [3.8, 4) is 0 Å². The summed E-state index contributed by atoms with van der Waals surface area (Å²) < 4.78 is 5.37. The molecule has 0 radical (unpaired) electrons. The number of rotatable bonds is 2. The summed E-state index contributed by atoms with van der Waals surface area (Å²) in [6, 6.07) is 6.89. The quantitative estimate of drug-likeness (QED) is 0.475. The van der Waals surface area contributed by atoms with Crippen LogP contribution in [-0.4, -0.2) is 22.8 Å². The molecule has 0 spiro atoms. The molecule has 1 aromatic carbocycles. The summed E-state index contributed by atoms with van der Waals surface area (Å²) in [6.07, 6.45) is -0.746. The SMILES string of the molecule is C[C@@H]1ON2O[C@H](C[N+](=O)[O-])C[C@H]2c2c1c(=O)oc1ccccc21. The van der Waals surface area contributed by atoms with E-state index < -0.39 is 22.8 Å². The molecular formula is C15H14N2O6. The summed E-state index contributed by atoms with van der Waals surface area (Å²) >= 11 is 0. The Morgan fingerprint density at radius 1 is 1.30 bits per heavy atom. The second kappa shape index (κ2) is 5.12. The molecule has 3 atom stereocenters.